The molecule has 0 atom stereocenters. The second-order valence-corrected chi connectivity index (χ2v) is 8.71. The van der Waals surface area contributed by atoms with E-state index in [9.17, 15) is 4.79 Å². The third-order valence-electron chi connectivity index (χ3n) is 4.08. The number of thiazole rings is 1. The monoisotopic (exact) mass is 476 g/mol. The van der Waals surface area contributed by atoms with Crippen LogP contribution in [0.25, 0.3) is 16.9 Å². The van der Waals surface area contributed by atoms with E-state index < -0.39 is 0 Å². The summed E-state index contributed by atoms with van der Waals surface area (Å²) in [5, 5.41) is 17.8. The van der Waals surface area contributed by atoms with Gasteiger partial charge in [0.05, 0.1) is 38.4 Å². The van der Waals surface area contributed by atoms with Crippen molar-refractivity contribution in [2.45, 2.75) is 12.1 Å². The highest BCUT2D eigenvalue weighted by Gasteiger charge is 2.15. The van der Waals surface area contributed by atoms with Crippen LogP contribution in [0.2, 0.25) is 10.0 Å². The summed E-state index contributed by atoms with van der Waals surface area (Å²) in [5.74, 6) is -0.124. The number of hydrogen-bond donors (Lipinski definition) is 1. The molecule has 0 aliphatic carbocycles. The van der Waals surface area contributed by atoms with Crippen molar-refractivity contribution in [3.8, 4) is 16.9 Å². The SMILES string of the molecule is Cc1ccc(-n2nnnc2SCC(=O)Nc2ccc(-c3cscn3)cc2Cl)c(Cl)c1. The van der Waals surface area contributed by atoms with Gasteiger partial charge >= 0.3 is 0 Å². The summed E-state index contributed by atoms with van der Waals surface area (Å²) in [6.45, 7) is 1.95. The number of thioether (sulfide) groups is 1. The van der Waals surface area contributed by atoms with E-state index in [0.29, 0.717) is 26.6 Å². The van der Waals surface area contributed by atoms with Crippen molar-refractivity contribution >= 4 is 57.9 Å². The number of halogens is 2. The Kier molecular flexibility index (Phi) is 6.33. The van der Waals surface area contributed by atoms with E-state index in [2.05, 4.69) is 25.8 Å². The fourth-order valence-electron chi connectivity index (χ4n) is 2.65. The van der Waals surface area contributed by atoms with Gasteiger partial charge in [-0.15, -0.1) is 16.4 Å². The van der Waals surface area contributed by atoms with Crippen molar-refractivity contribution in [2.24, 2.45) is 0 Å². The Morgan fingerprint density at radius 2 is 2.07 bits per heavy atom. The van der Waals surface area contributed by atoms with E-state index in [-0.39, 0.29) is 11.7 Å². The lowest BCUT2D eigenvalue weighted by molar-refractivity contribution is -0.113. The average Bonchev–Trinajstić information content (AvgIpc) is 3.40. The molecule has 11 heteroatoms. The molecule has 0 saturated heterocycles. The summed E-state index contributed by atoms with van der Waals surface area (Å²) in [6.07, 6.45) is 0. The zero-order valence-electron chi connectivity index (χ0n) is 15.5. The number of amides is 1. The number of carbonyl (C=O) groups is 1. The van der Waals surface area contributed by atoms with Gasteiger partial charge in [-0.2, -0.15) is 4.68 Å². The first-order chi connectivity index (χ1) is 14.5. The molecule has 0 unspecified atom stereocenters. The van der Waals surface area contributed by atoms with Crippen molar-refractivity contribution in [3.05, 3.63) is 62.9 Å². The Hall–Kier alpha value is -2.46. The molecular formula is C19H14Cl2N6OS2. The van der Waals surface area contributed by atoms with Crippen LogP contribution in [0.4, 0.5) is 5.69 Å². The smallest absolute Gasteiger partial charge is 0.234 e. The second kappa shape index (κ2) is 9.13. The molecule has 152 valence electrons. The minimum absolute atomic E-state index is 0.105. The number of aromatic nitrogens is 5. The van der Waals surface area contributed by atoms with Crippen LogP contribution >= 0.6 is 46.3 Å². The molecular weight excluding hydrogens is 463 g/mol. The zero-order valence-corrected chi connectivity index (χ0v) is 18.7. The van der Waals surface area contributed by atoms with Gasteiger partial charge in [0.1, 0.15) is 0 Å². The predicted molar refractivity (Wildman–Crippen MR) is 121 cm³/mol. The van der Waals surface area contributed by atoms with Gasteiger partial charge in [-0.05, 0) is 47.2 Å². The molecule has 0 aliphatic heterocycles. The number of benzene rings is 2. The lowest BCUT2D eigenvalue weighted by Gasteiger charge is -2.09. The molecule has 7 nitrogen and oxygen atoms in total. The molecule has 0 aliphatic rings. The Balaban J connectivity index is 1.42. The summed E-state index contributed by atoms with van der Waals surface area (Å²) in [6, 6.07) is 11.0. The van der Waals surface area contributed by atoms with Crippen LogP contribution in [0.1, 0.15) is 5.56 Å². The van der Waals surface area contributed by atoms with Crippen molar-refractivity contribution in [2.75, 3.05) is 11.1 Å². The summed E-state index contributed by atoms with van der Waals surface area (Å²) < 4.78 is 1.51. The van der Waals surface area contributed by atoms with Crippen LogP contribution in [0.15, 0.2) is 52.4 Å². The van der Waals surface area contributed by atoms with Crippen LogP contribution in [-0.2, 0) is 4.79 Å². The number of hydrogen-bond acceptors (Lipinski definition) is 7. The van der Waals surface area contributed by atoms with Crippen LogP contribution in [0.3, 0.4) is 0 Å². The molecule has 2 heterocycles. The topological polar surface area (TPSA) is 85.6 Å². The van der Waals surface area contributed by atoms with E-state index in [0.717, 1.165) is 16.8 Å². The summed E-state index contributed by atoms with van der Waals surface area (Å²) >= 11 is 15.3. The Morgan fingerprint density at radius 1 is 1.20 bits per heavy atom. The van der Waals surface area contributed by atoms with Crippen molar-refractivity contribution in [1.29, 1.82) is 0 Å². The maximum Gasteiger partial charge on any atom is 0.234 e. The molecule has 0 saturated carbocycles. The minimum Gasteiger partial charge on any atom is -0.324 e. The Morgan fingerprint density at radius 3 is 2.80 bits per heavy atom. The number of tetrazole rings is 1. The van der Waals surface area contributed by atoms with Crippen LogP contribution in [0.5, 0.6) is 0 Å². The molecule has 1 amide bonds. The van der Waals surface area contributed by atoms with Gasteiger partial charge in [0.15, 0.2) is 0 Å². The van der Waals surface area contributed by atoms with Gasteiger partial charge in [0.25, 0.3) is 0 Å². The highest BCUT2D eigenvalue weighted by atomic mass is 35.5. The predicted octanol–water partition coefficient (Wildman–Crippen LogP) is 5.13. The Bertz CT molecular complexity index is 1200. The molecule has 2 aromatic heterocycles. The second-order valence-electron chi connectivity index (χ2n) is 6.23. The molecule has 30 heavy (non-hydrogen) atoms. The lowest BCUT2D eigenvalue weighted by atomic mass is 10.1. The standard InChI is InChI=1S/C19H14Cl2N6OS2/c1-11-2-5-17(14(21)6-11)27-19(24-25-26-27)30-9-18(28)23-15-4-3-12(7-13(15)20)16-8-29-10-22-16/h2-8,10H,9H2,1H3,(H,23,28). The van der Waals surface area contributed by atoms with E-state index >= 15 is 0 Å². The fourth-order valence-corrected chi connectivity index (χ4v) is 4.44. The van der Waals surface area contributed by atoms with Gasteiger partial charge < -0.3 is 5.32 Å². The summed E-state index contributed by atoms with van der Waals surface area (Å²) in [7, 11) is 0. The average molecular weight is 477 g/mol. The first kappa shape index (κ1) is 20.8. The van der Waals surface area contributed by atoms with Crippen LogP contribution < -0.4 is 5.32 Å². The summed E-state index contributed by atoms with van der Waals surface area (Å²) in [4.78, 5) is 16.7. The third kappa shape index (κ3) is 4.65. The summed E-state index contributed by atoms with van der Waals surface area (Å²) in [5.41, 5.74) is 5.70. The van der Waals surface area contributed by atoms with Gasteiger partial charge in [0.2, 0.25) is 11.1 Å². The maximum absolute atomic E-state index is 12.4. The molecule has 4 rings (SSSR count). The quantitative estimate of drug-likeness (QED) is 0.388. The van der Waals surface area contributed by atoms with Crippen molar-refractivity contribution in [1.82, 2.24) is 25.2 Å². The van der Waals surface area contributed by atoms with E-state index in [4.69, 9.17) is 23.2 Å². The molecule has 0 radical (unpaired) electrons. The fraction of sp³-hybridized carbons (Fsp3) is 0.105. The number of nitrogens with one attached hydrogen (secondary N) is 1. The van der Waals surface area contributed by atoms with E-state index in [1.807, 2.05) is 36.6 Å². The molecule has 4 aromatic rings. The maximum atomic E-state index is 12.4. The van der Waals surface area contributed by atoms with Gasteiger partial charge in [-0.25, -0.2) is 4.98 Å². The lowest BCUT2D eigenvalue weighted by Crippen LogP contribution is -2.15. The number of nitrogens with zero attached hydrogens (tertiary/aromatic N) is 5. The number of carbonyl (C=O) groups excluding carboxylic acids is 1. The molecule has 0 fully saturated rings. The van der Waals surface area contributed by atoms with Gasteiger partial charge in [-0.1, -0.05) is 47.1 Å². The number of rotatable bonds is 6. The largest absolute Gasteiger partial charge is 0.324 e. The zero-order chi connectivity index (χ0) is 21.1. The first-order valence-electron chi connectivity index (χ1n) is 8.67. The van der Waals surface area contributed by atoms with Crippen molar-refractivity contribution in [3.63, 3.8) is 0 Å². The van der Waals surface area contributed by atoms with E-state index in [1.54, 1.807) is 17.6 Å². The van der Waals surface area contributed by atoms with Gasteiger partial charge in [-0.3, -0.25) is 4.79 Å². The van der Waals surface area contributed by atoms with Crippen LogP contribution in [-0.4, -0.2) is 36.9 Å². The van der Waals surface area contributed by atoms with Gasteiger partial charge in [0, 0.05) is 10.9 Å². The van der Waals surface area contributed by atoms with E-state index in [1.165, 1.54) is 27.8 Å². The van der Waals surface area contributed by atoms with Crippen molar-refractivity contribution < 1.29 is 4.79 Å². The first-order valence-corrected chi connectivity index (χ1v) is 11.4. The molecule has 1 N–H and O–H groups in total. The molecule has 0 spiro atoms. The molecule has 0 bridgehead atoms. The minimum atomic E-state index is -0.229. The highest BCUT2D eigenvalue weighted by Crippen LogP contribution is 2.29. The Labute approximate surface area is 190 Å². The number of aryl methyl sites for hydroxylation is 1. The normalized spacial score (nSPS) is 10.9. The number of anilines is 1. The third-order valence-corrected chi connectivity index (χ3v) is 6.20. The molecule has 2 aromatic carbocycles. The highest BCUT2D eigenvalue weighted by molar-refractivity contribution is 7.99. The van der Waals surface area contributed by atoms with Crippen LogP contribution in [0, 0.1) is 6.92 Å².